The zero-order valence-electron chi connectivity index (χ0n) is 31.2. The van der Waals surface area contributed by atoms with Gasteiger partial charge in [-0.3, -0.25) is 9.36 Å². The summed E-state index contributed by atoms with van der Waals surface area (Å²) in [5, 5.41) is 2.58. The Balaban J connectivity index is 1.34. The number of carbonyl (C=O) groups is 2. The number of benzene rings is 3. The number of amides is 1. The van der Waals surface area contributed by atoms with E-state index in [1.165, 1.54) is 19.2 Å². The second-order valence-corrected chi connectivity index (χ2v) is 14.1. The minimum absolute atomic E-state index is 0.0852. The molecule has 1 unspecified atom stereocenters. The maximum absolute atomic E-state index is 15.7. The molecule has 0 spiro atoms. The normalized spacial score (nSPS) is 17.8. The quantitative estimate of drug-likeness (QED) is 0.121. The molecule has 1 aromatic heterocycles. The fourth-order valence-electron chi connectivity index (χ4n) is 7.81. The van der Waals surface area contributed by atoms with Gasteiger partial charge in [-0.15, -0.1) is 0 Å². The Hall–Kier alpha value is -4.19. The number of nitrogens with one attached hydrogen (secondary N) is 1. The van der Waals surface area contributed by atoms with Crippen molar-refractivity contribution >= 4 is 22.9 Å². The molecule has 0 radical (unpaired) electrons. The largest absolute Gasteiger partial charge is 0.457 e. The van der Waals surface area contributed by atoms with Gasteiger partial charge in [0.25, 0.3) is 0 Å². The first-order valence-corrected chi connectivity index (χ1v) is 18.2. The van der Waals surface area contributed by atoms with Gasteiger partial charge in [0, 0.05) is 51.6 Å². The highest BCUT2D eigenvalue weighted by molar-refractivity contribution is 5.78. The van der Waals surface area contributed by atoms with Crippen LogP contribution in [-0.4, -0.2) is 79.4 Å². The molecule has 0 fully saturated rings. The number of para-hydroxylation sites is 2. The average Bonchev–Trinajstić information content (AvgIpc) is 3.47. The number of halogens is 2. The molecule has 0 bridgehead atoms. The molecule has 1 heterocycles. The van der Waals surface area contributed by atoms with Crippen LogP contribution in [0, 0.1) is 17.6 Å². The van der Waals surface area contributed by atoms with Crippen molar-refractivity contribution in [3.8, 4) is 0 Å². The van der Waals surface area contributed by atoms with Gasteiger partial charge in [-0.1, -0.05) is 44.2 Å². The molecule has 11 heteroatoms. The third-order valence-corrected chi connectivity index (χ3v) is 10.1. The van der Waals surface area contributed by atoms with Gasteiger partial charge in [-0.25, -0.2) is 18.6 Å². The number of methoxy groups -OCH3 is 1. The van der Waals surface area contributed by atoms with Crippen molar-refractivity contribution in [1.29, 1.82) is 0 Å². The second kappa shape index (κ2) is 17.6. The molecular weight excluding hydrogens is 666 g/mol. The third kappa shape index (κ3) is 8.87. The van der Waals surface area contributed by atoms with E-state index in [9.17, 15) is 14.0 Å². The topological polar surface area (TPSA) is 94.9 Å². The Bertz CT molecular complexity index is 1850. The number of carbonyl (C=O) groups excluding carboxylic acids is 2. The summed E-state index contributed by atoms with van der Waals surface area (Å²) in [4.78, 5) is 32.1. The summed E-state index contributed by atoms with van der Waals surface area (Å²) < 4.78 is 49.6. The molecular formula is C41H52F2N4O5. The van der Waals surface area contributed by atoms with Gasteiger partial charge < -0.3 is 24.4 Å². The molecule has 1 aliphatic rings. The molecule has 280 valence electrons. The molecule has 0 saturated heterocycles. The maximum Gasteiger partial charge on any atom is 0.332 e. The number of fused-ring (bicyclic) bond motifs is 2. The van der Waals surface area contributed by atoms with E-state index in [2.05, 4.69) is 31.1 Å². The summed E-state index contributed by atoms with van der Waals surface area (Å²) in [6.45, 7) is 7.76. The number of hydrogen-bond donors (Lipinski definition) is 1. The summed E-state index contributed by atoms with van der Waals surface area (Å²) in [7, 11) is 5.09. The first-order chi connectivity index (χ1) is 25.0. The van der Waals surface area contributed by atoms with Gasteiger partial charge in [-0.05, 0) is 92.7 Å². The van der Waals surface area contributed by atoms with Crippen LogP contribution in [0.15, 0.2) is 60.7 Å². The second-order valence-electron chi connectivity index (χ2n) is 14.1. The van der Waals surface area contributed by atoms with E-state index in [4.69, 9.17) is 19.2 Å². The number of aryl methyl sites for hydroxylation is 2. The predicted octanol–water partition coefficient (Wildman–Crippen LogP) is 6.76. The van der Waals surface area contributed by atoms with Crippen molar-refractivity contribution in [2.75, 3.05) is 47.5 Å². The number of likely N-dealkylation sites (N-methyl/N-ethyl adjacent to an activating group) is 1. The van der Waals surface area contributed by atoms with Crippen LogP contribution < -0.4 is 5.32 Å². The number of rotatable bonds is 17. The molecule has 5 rings (SSSR count). The number of aromatic nitrogens is 2. The first-order valence-electron chi connectivity index (χ1n) is 18.2. The van der Waals surface area contributed by atoms with E-state index in [-0.39, 0.29) is 36.6 Å². The Morgan fingerprint density at radius 3 is 2.60 bits per heavy atom. The lowest BCUT2D eigenvalue weighted by atomic mass is 9.65. The van der Waals surface area contributed by atoms with Crippen LogP contribution in [0.3, 0.4) is 0 Å². The standard InChI is InChI=1S/C41H52F2N4O5/c1-7-51-40(32-16-14-28(23-33(32)43)24-37(48)44-4)47-35-12-9-8-11-34(35)45-36(47)13-10-21-46(5)22-20-41(52-38(49)26-50-6)19-18-29-25-30(42)15-17-31(29)39(41)27(2)3/h8-9,11-12,14-17,23,25,27,39-40H,7,10,13,18-22,24,26H2,1-6H3,(H,44,48)/t39-,40?,41-/m0/s1. The lowest BCUT2D eigenvalue weighted by molar-refractivity contribution is -0.172. The van der Waals surface area contributed by atoms with Crippen LogP contribution in [0.25, 0.3) is 11.0 Å². The molecule has 4 aromatic rings. The third-order valence-electron chi connectivity index (χ3n) is 10.1. The van der Waals surface area contributed by atoms with Gasteiger partial charge in [0.2, 0.25) is 5.91 Å². The zero-order chi connectivity index (χ0) is 37.4. The van der Waals surface area contributed by atoms with Crippen LogP contribution in [0.4, 0.5) is 8.78 Å². The Labute approximate surface area is 305 Å². The Morgan fingerprint density at radius 2 is 1.88 bits per heavy atom. The van der Waals surface area contributed by atoms with Crippen molar-refractivity contribution in [3.05, 3.63) is 100 Å². The molecule has 52 heavy (non-hydrogen) atoms. The van der Waals surface area contributed by atoms with Crippen molar-refractivity contribution in [3.63, 3.8) is 0 Å². The summed E-state index contributed by atoms with van der Waals surface area (Å²) in [6, 6.07) is 17.6. The number of esters is 1. The molecule has 1 aliphatic carbocycles. The lowest BCUT2D eigenvalue weighted by Crippen LogP contribution is -2.49. The first kappa shape index (κ1) is 39.0. The van der Waals surface area contributed by atoms with E-state index in [1.807, 2.05) is 41.8 Å². The molecule has 3 aromatic carbocycles. The van der Waals surface area contributed by atoms with Crippen molar-refractivity contribution in [1.82, 2.24) is 19.8 Å². The van der Waals surface area contributed by atoms with E-state index < -0.39 is 23.6 Å². The van der Waals surface area contributed by atoms with Gasteiger partial charge >= 0.3 is 5.97 Å². The summed E-state index contributed by atoms with van der Waals surface area (Å²) in [5.41, 5.74) is 3.83. The molecule has 0 saturated carbocycles. The van der Waals surface area contributed by atoms with E-state index in [0.29, 0.717) is 50.0 Å². The maximum atomic E-state index is 15.7. The lowest BCUT2D eigenvalue weighted by Gasteiger charge is -2.47. The van der Waals surface area contributed by atoms with Crippen molar-refractivity contribution in [2.24, 2.45) is 5.92 Å². The Kier molecular flexibility index (Phi) is 13.2. The molecule has 1 N–H and O–H groups in total. The molecule has 9 nitrogen and oxygen atoms in total. The van der Waals surface area contributed by atoms with Crippen LogP contribution in [0.1, 0.15) is 80.3 Å². The monoisotopic (exact) mass is 718 g/mol. The summed E-state index contributed by atoms with van der Waals surface area (Å²) in [6.07, 6.45) is 2.53. The average molecular weight is 719 g/mol. The smallest absolute Gasteiger partial charge is 0.332 e. The van der Waals surface area contributed by atoms with Gasteiger partial charge in [0.15, 0.2) is 6.23 Å². The van der Waals surface area contributed by atoms with Gasteiger partial charge in [-0.2, -0.15) is 0 Å². The summed E-state index contributed by atoms with van der Waals surface area (Å²) >= 11 is 0. The number of hydrogen-bond acceptors (Lipinski definition) is 7. The van der Waals surface area contributed by atoms with Crippen LogP contribution in [0.5, 0.6) is 0 Å². The summed E-state index contributed by atoms with van der Waals surface area (Å²) in [5.74, 6) is -0.466. The molecule has 0 aliphatic heterocycles. The fourth-order valence-corrected chi connectivity index (χ4v) is 7.81. The van der Waals surface area contributed by atoms with E-state index >= 15 is 4.39 Å². The Morgan fingerprint density at radius 1 is 1.10 bits per heavy atom. The van der Waals surface area contributed by atoms with Crippen molar-refractivity contribution in [2.45, 2.75) is 77.0 Å². The van der Waals surface area contributed by atoms with Crippen LogP contribution in [-0.2, 0) is 43.1 Å². The minimum atomic E-state index is -0.762. The fraction of sp³-hybridized carbons (Fsp3) is 0.488. The number of imidazole rings is 1. The predicted molar refractivity (Wildman–Crippen MR) is 197 cm³/mol. The van der Waals surface area contributed by atoms with Crippen molar-refractivity contribution < 1.29 is 32.6 Å². The molecule has 1 amide bonds. The van der Waals surface area contributed by atoms with Crippen LogP contribution >= 0.6 is 0 Å². The SMILES string of the molecule is CCOC(c1ccc(CC(=O)NC)cc1F)n1c(CCCN(C)CC[C@@]2(OC(=O)COC)CCc3cc(F)ccc3[C@@H]2C(C)C)nc2ccccc21. The van der Waals surface area contributed by atoms with Crippen LogP contribution in [0.2, 0.25) is 0 Å². The highest BCUT2D eigenvalue weighted by atomic mass is 19.1. The number of nitrogens with zero attached hydrogens (tertiary/aromatic N) is 3. The number of ether oxygens (including phenoxy) is 3. The molecule has 3 atom stereocenters. The van der Waals surface area contributed by atoms with Gasteiger partial charge in [0.1, 0.15) is 29.7 Å². The van der Waals surface area contributed by atoms with E-state index in [1.54, 1.807) is 25.2 Å². The van der Waals surface area contributed by atoms with E-state index in [0.717, 1.165) is 41.0 Å². The highest BCUT2D eigenvalue weighted by Crippen LogP contribution is 2.48. The zero-order valence-corrected chi connectivity index (χ0v) is 31.2. The van der Waals surface area contributed by atoms with Gasteiger partial charge in [0.05, 0.1) is 17.5 Å². The highest BCUT2D eigenvalue weighted by Gasteiger charge is 2.47. The minimum Gasteiger partial charge on any atom is -0.457 e.